The lowest BCUT2D eigenvalue weighted by atomic mass is 10.1. The average molecular weight is 885 g/mol. The van der Waals surface area contributed by atoms with Crippen molar-refractivity contribution in [3.63, 3.8) is 0 Å². The molecule has 0 radical (unpaired) electrons. The van der Waals surface area contributed by atoms with E-state index in [4.69, 9.17) is 9.52 Å². The van der Waals surface area contributed by atoms with Crippen molar-refractivity contribution in [2.75, 3.05) is 11.4 Å². The van der Waals surface area contributed by atoms with Gasteiger partial charge in [0, 0.05) is 63.1 Å². The SMILES string of the molecule is CC(=O)c1ccc(N(Cc2ccco2)C(=O)/C(C#N)=C/c2cn(CC(=O)O)c3ccccc23)cc1.N#C/C(=C\c1cn(CC(=O)O)c2ccccc12)C(=O)N(CC(=O)O)Cc1ccccc1. The van der Waals surface area contributed by atoms with Gasteiger partial charge < -0.3 is 38.7 Å². The minimum absolute atomic E-state index is 0.0335. The van der Waals surface area contributed by atoms with E-state index in [0.717, 1.165) is 15.8 Å². The molecule has 330 valence electrons. The number of fused-ring (bicyclic) bond motifs is 2. The maximum absolute atomic E-state index is 13.6. The second-order valence-electron chi connectivity index (χ2n) is 14.7. The first kappa shape index (κ1) is 46.2. The minimum Gasteiger partial charge on any atom is -0.480 e. The number of rotatable bonds is 16. The third-order valence-corrected chi connectivity index (χ3v) is 10.1. The molecule has 7 aromatic rings. The minimum atomic E-state index is -1.19. The molecule has 0 bridgehead atoms. The van der Waals surface area contributed by atoms with E-state index >= 15 is 0 Å². The van der Waals surface area contributed by atoms with Gasteiger partial charge in [-0.05, 0) is 73.2 Å². The molecule has 0 atom stereocenters. The number of carbonyl (C=O) groups is 6. The molecule has 0 saturated carbocycles. The van der Waals surface area contributed by atoms with E-state index in [-0.39, 0.29) is 43.1 Å². The Hall–Kier alpha value is -9.28. The van der Waals surface area contributed by atoms with Gasteiger partial charge in [0.15, 0.2) is 5.78 Å². The third kappa shape index (κ3) is 11.4. The van der Waals surface area contributed by atoms with E-state index in [9.17, 15) is 49.5 Å². The van der Waals surface area contributed by atoms with Crippen LogP contribution in [0.25, 0.3) is 34.0 Å². The molecule has 0 spiro atoms. The van der Waals surface area contributed by atoms with Gasteiger partial charge in [-0.1, -0.05) is 66.7 Å². The number of ketones is 1. The third-order valence-electron chi connectivity index (χ3n) is 10.1. The smallest absolute Gasteiger partial charge is 0.323 e. The quantitative estimate of drug-likeness (QED) is 0.0488. The van der Waals surface area contributed by atoms with Crippen molar-refractivity contribution < 1.29 is 48.5 Å². The molecule has 0 aliphatic heterocycles. The van der Waals surface area contributed by atoms with Gasteiger partial charge >= 0.3 is 17.9 Å². The molecule has 3 heterocycles. The zero-order valence-corrected chi connectivity index (χ0v) is 35.3. The van der Waals surface area contributed by atoms with Crippen molar-refractivity contribution in [3.8, 4) is 12.1 Å². The number of hydrogen-bond donors (Lipinski definition) is 3. The fourth-order valence-corrected chi connectivity index (χ4v) is 7.13. The van der Waals surface area contributed by atoms with Gasteiger partial charge in [0.1, 0.15) is 48.7 Å². The zero-order valence-electron chi connectivity index (χ0n) is 35.3. The normalized spacial score (nSPS) is 11.2. The molecule has 0 unspecified atom stereocenters. The van der Waals surface area contributed by atoms with Crippen LogP contribution in [0.2, 0.25) is 0 Å². The van der Waals surface area contributed by atoms with Crippen LogP contribution in [0.1, 0.15) is 39.7 Å². The number of carbonyl (C=O) groups excluding carboxylic acids is 3. The Morgan fingerprint density at radius 2 is 1.14 bits per heavy atom. The highest BCUT2D eigenvalue weighted by Crippen LogP contribution is 2.27. The summed E-state index contributed by atoms with van der Waals surface area (Å²) in [4.78, 5) is 74.5. The lowest BCUT2D eigenvalue weighted by Crippen LogP contribution is -2.35. The molecule has 0 saturated heterocycles. The number of benzene rings is 4. The first-order chi connectivity index (χ1) is 31.8. The van der Waals surface area contributed by atoms with Gasteiger partial charge in [-0.15, -0.1) is 0 Å². The molecule has 3 aromatic heterocycles. The summed E-state index contributed by atoms with van der Waals surface area (Å²) in [6.07, 6.45) is 7.49. The summed E-state index contributed by atoms with van der Waals surface area (Å²) in [5.41, 5.74) is 3.72. The predicted molar refractivity (Wildman–Crippen MR) is 242 cm³/mol. The Labute approximate surface area is 377 Å². The van der Waals surface area contributed by atoms with Crippen molar-refractivity contribution in [2.45, 2.75) is 33.1 Å². The molecule has 16 heteroatoms. The topological polar surface area (TPSA) is 240 Å². The Morgan fingerprint density at radius 1 is 0.621 bits per heavy atom. The number of nitriles is 2. The van der Waals surface area contributed by atoms with E-state index in [1.807, 2.05) is 12.1 Å². The number of furan rings is 1. The van der Waals surface area contributed by atoms with E-state index in [1.54, 1.807) is 132 Å². The number of Topliss-reactive ketones (excluding diaryl/α,β-unsaturated/α-hetero) is 1. The Balaban J connectivity index is 0.000000220. The van der Waals surface area contributed by atoms with Crippen LogP contribution in [0.15, 0.2) is 149 Å². The molecular weight excluding hydrogens is 845 g/mol. The summed E-state index contributed by atoms with van der Waals surface area (Å²) in [7, 11) is 0. The molecule has 3 N–H and O–H groups in total. The highest BCUT2D eigenvalue weighted by Gasteiger charge is 2.24. The number of anilines is 1. The van der Waals surface area contributed by atoms with Crippen LogP contribution in [0.4, 0.5) is 5.69 Å². The van der Waals surface area contributed by atoms with Crippen LogP contribution in [0.3, 0.4) is 0 Å². The van der Waals surface area contributed by atoms with Crippen LogP contribution in [-0.4, -0.2) is 71.4 Å². The van der Waals surface area contributed by atoms with Crippen LogP contribution in [0, 0.1) is 22.7 Å². The van der Waals surface area contributed by atoms with Crippen LogP contribution in [-0.2, 0) is 50.2 Å². The predicted octanol–water partition coefficient (Wildman–Crippen LogP) is 7.41. The van der Waals surface area contributed by atoms with Crippen molar-refractivity contribution in [1.29, 1.82) is 10.5 Å². The highest BCUT2D eigenvalue weighted by molar-refractivity contribution is 6.12. The summed E-state index contributed by atoms with van der Waals surface area (Å²) in [5.74, 6) is -4.09. The van der Waals surface area contributed by atoms with Gasteiger partial charge in [0.25, 0.3) is 11.8 Å². The second-order valence-corrected chi connectivity index (χ2v) is 14.7. The number of aromatic nitrogens is 2. The lowest BCUT2D eigenvalue weighted by molar-refractivity contribution is -0.143. The summed E-state index contributed by atoms with van der Waals surface area (Å²) >= 11 is 0. The van der Waals surface area contributed by atoms with Gasteiger partial charge in [-0.3, -0.25) is 28.8 Å². The Morgan fingerprint density at radius 3 is 1.61 bits per heavy atom. The van der Waals surface area contributed by atoms with Gasteiger partial charge in [0.05, 0.1) is 12.8 Å². The molecule has 2 amide bonds. The summed E-state index contributed by atoms with van der Waals surface area (Å²) < 4.78 is 8.49. The largest absolute Gasteiger partial charge is 0.480 e. The second kappa shape index (κ2) is 21.2. The highest BCUT2D eigenvalue weighted by atomic mass is 16.4. The maximum Gasteiger partial charge on any atom is 0.323 e. The number of para-hydroxylation sites is 2. The molecule has 16 nitrogen and oxygen atoms in total. The summed E-state index contributed by atoms with van der Waals surface area (Å²) in [6, 6.07) is 36.9. The van der Waals surface area contributed by atoms with Crippen molar-refractivity contribution in [3.05, 3.63) is 173 Å². The Kier molecular flexibility index (Phi) is 14.8. The van der Waals surface area contributed by atoms with Crippen molar-refractivity contribution in [2.24, 2.45) is 0 Å². The summed E-state index contributed by atoms with van der Waals surface area (Å²) in [5, 5.41) is 48.5. The van der Waals surface area contributed by atoms with Crippen LogP contribution < -0.4 is 4.90 Å². The molecule has 4 aromatic carbocycles. The van der Waals surface area contributed by atoms with Crippen LogP contribution in [0.5, 0.6) is 0 Å². The fraction of sp³-hybridized carbons (Fsp3) is 0.120. The molecular formula is C50H40N6O10. The van der Waals surface area contributed by atoms with E-state index in [2.05, 4.69) is 0 Å². The number of carboxylic acid groups (broad SMARTS) is 3. The van der Waals surface area contributed by atoms with Crippen molar-refractivity contribution in [1.82, 2.24) is 14.0 Å². The van der Waals surface area contributed by atoms with E-state index < -0.39 is 36.3 Å². The summed E-state index contributed by atoms with van der Waals surface area (Å²) in [6.45, 7) is 0.475. The van der Waals surface area contributed by atoms with Crippen molar-refractivity contribution >= 4 is 75.2 Å². The van der Waals surface area contributed by atoms with Gasteiger partial charge in [-0.2, -0.15) is 10.5 Å². The first-order valence-electron chi connectivity index (χ1n) is 20.1. The van der Waals surface area contributed by atoms with Crippen LogP contribution >= 0.6 is 0 Å². The number of carboxylic acids is 3. The Bertz CT molecular complexity index is 3090. The van der Waals surface area contributed by atoms with Gasteiger partial charge in [0.2, 0.25) is 0 Å². The van der Waals surface area contributed by atoms with E-state index in [1.165, 1.54) is 34.8 Å². The van der Waals surface area contributed by atoms with Gasteiger partial charge in [-0.25, -0.2) is 0 Å². The molecule has 66 heavy (non-hydrogen) atoms. The van der Waals surface area contributed by atoms with E-state index in [0.29, 0.717) is 44.6 Å². The number of amides is 2. The number of aliphatic carboxylic acids is 3. The maximum atomic E-state index is 13.6. The molecule has 0 aliphatic rings. The average Bonchev–Trinajstić information content (AvgIpc) is 4.04. The monoisotopic (exact) mass is 884 g/mol. The zero-order chi connectivity index (χ0) is 47.3. The molecule has 7 rings (SSSR count). The lowest BCUT2D eigenvalue weighted by Gasteiger charge is -2.21. The molecule has 0 fully saturated rings. The molecule has 0 aliphatic carbocycles. The number of hydrogen-bond acceptors (Lipinski definition) is 9. The number of nitrogens with zero attached hydrogens (tertiary/aromatic N) is 6. The first-order valence-corrected chi connectivity index (χ1v) is 20.1. The standard InChI is InChI=1S/C27H21N3O5.C23H19N3O5/c1-18(31)19-8-10-22(11-9-19)30(16-23-5-4-12-35-23)27(34)20(14-28)13-21-15-29(17-26(32)33)25-7-3-2-6-24(21)25;24-11-17(23(31)26(15-22(29)30)12-16-6-2-1-3-7-16)10-18-13-25(14-21(27)28)20-9-5-4-8-19(18)20/h2-13,15H,16-17H2,1H3,(H,32,33);1-10,13H,12,14-15H2,(H,27,28)(H,29,30)/b20-13+;17-10+. The fourth-order valence-electron chi connectivity index (χ4n) is 7.13.